The molecule has 0 spiro atoms. The average molecular weight is 434 g/mol. The van der Waals surface area contributed by atoms with E-state index >= 15 is 0 Å². The van der Waals surface area contributed by atoms with Gasteiger partial charge in [-0.15, -0.1) is 0 Å². The summed E-state index contributed by atoms with van der Waals surface area (Å²) in [6.07, 6.45) is 1.98. The van der Waals surface area contributed by atoms with Gasteiger partial charge in [-0.1, -0.05) is 18.2 Å². The van der Waals surface area contributed by atoms with E-state index in [9.17, 15) is 9.59 Å². The van der Waals surface area contributed by atoms with Gasteiger partial charge in [0.25, 0.3) is 5.91 Å². The number of carbonyl (C=O) groups excluding carboxylic acids is 2. The summed E-state index contributed by atoms with van der Waals surface area (Å²) in [5.41, 5.74) is 2.45. The molecule has 2 amide bonds. The van der Waals surface area contributed by atoms with Crippen LogP contribution < -0.4 is 10.6 Å². The fourth-order valence-electron chi connectivity index (χ4n) is 2.44. The van der Waals surface area contributed by atoms with E-state index in [0.717, 1.165) is 27.7 Å². The first-order valence-electron chi connectivity index (χ1n) is 8.00. The number of anilines is 1. The molecule has 1 aliphatic carbocycles. The first kappa shape index (κ1) is 17.0. The van der Waals surface area contributed by atoms with Crippen molar-refractivity contribution in [2.45, 2.75) is 25.8 Å². The minimum atomic E-state index is -0.108. The third-order valence-electron chi connectivity index (χ3n) is 4.06. The molecule has 1 unspecified atom stereocenters. The van der Waals surface area contributed by atoms with Crippen LogP contribution in [0.4, 0.5) is 5.69 Å². The highest BCUT2D eigenvalue weighted by atomic mass is 127. The van der Waals surface area contributed by atoms with Crippen LogP contribution in [0.2, 0.25) is 0 Å². The molecule has 1 fully saturated rings. The lowest BCUT2D eigenvalue weighted by Gasteiger charge is -2.15. The highest BCUT2D eigenvalue weighted by Crippen LogP contribution is 2.30. The largest absolute Gasteiger partial charge is 0.346 e. The van der Waals surface area contributed by atoms with Gasteiger partial charge in [0.2, 0.25) is 5.91 Å². The van der Waals surface area contributed by atoms with E-state index < -0.39 is 0 Å². The molecule has 0 heterocycles. The van der Waals surface area contributed by atoms with Crippen molar-refractivity contribution >= 4 is 40.1 Å². The van der Waals surface area contributed by atoms with Crippen LogP contribution in [0.1, 0.15) is 41.7 Å². The topological polar surface area (TPSA) is 58.2 Å². The number of nitrogens with one attached hydrogen (secondary N) is 2. The molecule has 2 aromatic carbocycles. The summed E-state index contributed by atoms with van der Waals surface area (Å²) in [4.78, 5) is 24.1. The lowest BCUT2D eigenvalue weighted by Crippen LogP contribution is -2.26. The molecule has 1 aliphatic rings. The minimum absolute atomic E-state index is 0.0906. The van der Waals surface area contributed by atoms with Crippen LogP contribution in [0.15, 0.2) is 48.5 Å². The Hall–Kier alpha value is -1.89. The van der Waals surface area contributed by atoms with Gasteiger partial charge in [-0.05, 0) is 78.3 Å². The summed E-state index contributed by atoms with van der Waals surface area (Å²) in [6.45, 7) is 1.95. The normalized spacial score (nSPS) is 14.8. The van der Waals surface area contributed by atoms with Crippen LogP contribution in [0.5, 0.6) is 0 Å². The molecular weight excluding hydrogens is 415 g/mol. The fraction of sp³-hybridized carbons (Fsp3) is 0.263. The maximum Gasteiger partial charge on any atom is 0.251 e. The number of hydrogen-bond acceptors (Lipinski definition) is 2. The lowest BCUT2D eigenvalue weighted by molar-refractivity contribution is -0.117. The Kier molecular flexibility index (Phi) is 5.18. The van der Waals surface area contributed by atoms with Gasteiger partial charge in [-0.2, -0.15) is 0 Å². The second kappa shape index (κ2) is 7.34. The van der Waals surface area contributed by atoms with Gasteiger partial charge >= 0.3 is 0 Å². The first-order chi connectivity index (χ1) is 11.5. The Morgan fingerprint density at radius 3 is 2.46 bits per heavy atom. The number of amides is 2. The lowest BCUT2D eigenvalue weighted by atomic mass is 10.1. The van der Waals surface area contributed by atoms with E-state index in [-0.39, 0.29) is 23.8 Å². The van der Waals surface area contributed by atoms with Crippen LogP contribution in [0, 0.1) is 9.49 Å². The second-order valence-electron chi connectivity index (χ2n) is 6.09. The molecule has 0 aliphatic heterocycles. The quantitative estimate of drug-likeness (QED) is 0.696. The smallest absolute Gasteiger partial charge is 0.251 e. The molecule has 2 N–H and O–H groups in total. The monoisotopic (exact) mass is 434 g/mol. The van der Waals surface area contributed by atoms with Gasteiger partial charge in [0, 0.05) is 20.7 Å². The number of rotatable bonds is 5. The van der Waals surface area contributed by atoms with E-state index in [2.05, 4.69) is 33.2 Å². The predicted octanol–water partition coefficient (Wildman–Crippen LogP) is 4.13. The van der Waals surface area contributed by atoms with Crippen molar-refractivity contribution in [3.63, 3.8) is 0 Å². The number of benzene rings is 2. The van der Waals surface area contributed by atoms with E-state index in [1.165, 1.54) is 0 Å². The molecule has 0 saturated heterocycles. The van der Waals surface area contributed by atoms with E-state index in [1.54, 1.807) is 6.07 Å². The molecule has 0 aromatic heterocycles. The average Bonchev–Trinajstić information content (AvgIpc) is 3.40. The Morgan fingerprint density at radius 2 is 1.83 bits per heavy atom. The molecule has 124 valence electrons. The van der Waals surface area contributed by atoms with Gasteiger partial charge < -0.3 is 10.6 Å². The molecule has 0 radical (unpaired) electrons. The number of carbonyl (C=O) groups is 2. The maximum absolute atomic E-state index is 12.3. The zero-order valence-electron chi connectivity index (χ0n) is 13.4. The SMILES string of the molecule is CC(NC(=O)c1cccc(I)c1)c1ccc(NC(=O)C2CC2)cc1. The zero-order chi connectivity index (χ0) is 17.1. The summed E-state index contributed by atoms with van der Waals surface area (Å²) in [5, 5.41) is 5.91. The Balaban J connectivity index is 1.61. The van der Waals surface area contributed by atoms with Crippen LogP contribution >= 0.6 is 22.6 Å². The summed E-state index contributed by atoms with van der Waals surface area (Å²) >= 11 is 2.19. The van der Waals surface area contributed by atoms with E-state index in [0.29, 0.717) is 5.56 Å². The fourth-order valence-corrected chi connectivity index (χ4v) is 2.98. The first-order valence-corrected chi connectivity index (χ1v) is 9.08. The summed E-state index contributed by atoms with van der Waals surface area (Å²) in [5.74, 6) is 0.200. The number of hydrogen-bond donors (Lipinski definition) is 2. The highest BCUT2D eigenvalue weighted by Gasteiger charge is 2.29. The van der Waals surface area contributed by atoms with Crippen molar-refractivity contribution in [1.29, 1.82) is 0 Å². The van der Waals surface area contributed by atoms with Gasteiger partial charge in [-0.3, -0.25) is 9.59 Å². The Bertz CT molecular complexity index is 754. The highest BCUT2D eigenvalue weighted by molar-refractivity contribution is 14.1. The standard InChI is InChI=1S/C19H19IN2O2/c1-12(21-19(24)15-3-2-4-16(20)11-15)13-7-9-17(10-8-13)22-18(23)14-5-6-14/h2-4,7-12,14H,5-6H2,1H3,(H,21,24)(H,22,23). The van der Waals surface area contributed by atoms with E-state index in [4.69, 9.17) is 0 Å². The maximum atomic E-state index is 12.3. The molecule has 4 nitrogen and oxygen atoms in total. The molecule has 2 aromatic rings. The predicted molar refractivity (Wildman–Crippen MR) is 103 cm³/mol. The minimum Gasteiger partial charge on any atom is -0.346 e. The third kappa shape index (κ3) is 4.35. The van der Waals surface area contributed by atoms with Crippen LogP contribution in [-0.2, 0) is 4.79 Å². The van der Waals surface area contributed by atoms with Crippen LogP contribution in [-0.4, -0.2) is 11.8 Å². The van der Waals surface area contributed by atoms with Gasteiger partial charge in [-0.25, -0.2) is 0 Å². The van der Waals surface area contributed by atoms with Crippen molar-refractivity contribution in [3.05, 3.63) is 63.2 Å². The molecule has 0 bridgehead atoms. The second-order valence-corrected chi connectivity index (χ2v) is 7.34. The molecule has 1 saturated carbocycles. The summed E-state index contributed by atoms with van der Waals surface area (Å²) in [7, 11) is 0. The number of halogens is 1. The van der Waals surface area contributed by atoms with Crippen molar-refractivity contribution in [1.82, 2.24) is 5.32 Å². The summed E-state index contributed by atoms with van der Waals surface area (Å²) < 4.78 is 1.03. The Morgan fingerprint density at radius 1 is 1.12 bits per heavy atom. The van der Waals surface area contributed by atoms with Gasteiger partial charge in [0.1, 0.15) is 0 Å². The Labute approximate surface area is 155 Å². The summed E-state index contributed by atoms with van der Waals surface area (Å²) in [6, 6.07) is 15.0. The van der Waals surface area contributed by atoms with Crippen LogP contribution in [0.25, 0.3) is 0 Å². The molecule has 24 heavy (non-hydrogen) atoms. The van der Waals surface area contributed by atoms with Crippen molar-refractivity contribution < 1.29 is 9.59 Å². The molecule has 5 heteroatoms. The molecule has 3 rings (SSSR count). The van der Waals surface area contributed by atoms with Crippen molar-refractivity contribution in [3.8, 4) is 0 Å². The third-order valence-corrected chi connectivity index (χ3v) is 4.73. The van der Waals surface area contributed by atoms with Crippen molar-refractivity contribution in [2.75, 3.05) is 5.32 Å². The van der Waals surface area contributed by atoms with Crippen LogP contribution in [0.3, 0.4) is 0 Å². The molecular formula is C19H19IN2O2. The van der Waals surface area contributed by atoms with Gasteiger partial charge in [0.05, 0.1) is 6.04 Å². The molecule has 1 atom stereocenters. The zero-order valence-corrected chi connectivity index (χ0v) is 15.5. The van der Waals surface area contributed by atoms with Crippen molar-refractivity contribution in [2.24, 2.45) is 5.92 Å². The van der Waals surface area contributed by atoms with E-state index in [1.807, 2.05) is 49.4 Å². The van der Waals surface area contributed by atoms with Gasteiger partial charge in [0.15, 0.2) is 0 Å².